The largest absolute Gasteiger partial charge is 0.490 e. The van der Waals surface area contributed by atoms with Crippen molar-refractivity contribution < 1.29 is 27.6 Å². The molecule has 0 fully saturated rings. The van der Waals surface area contributed by atoms with E-state index in [1.807, 2.05) is 30.3 Å². The first-order chi connectivity index (χ1) is 20.7. The average molecular weight is 589 g/mol. The normalized spacial score (nSPS) is 11.6. The van der Waals surface area contributed by atoms with Crippen LogP contribution in [0.4, 0.5) is 18.9 Å². The number of hydrogen-bond donors (Lipinski definition) is 0. The van der Waals surface area contributed by atoms with Gasteiger partial charge in [0, 0.05) is 17.2 Å². The highest BCUT2D eigenvalue weighted by atomic mass is 19.4. The van der Waals surface area contributed by atoms with E-state index in [9.17, 15) is 28.1 Å². The van der Waals surface area contributed by atoms with Crippen LogP contribution in [0.1, 0.15) is 23.6 Å². The molecule has 0 saturated carbocycles. The van der Waals surface area contributed by atoms with Crippen molar-refractivity contribution in [2.75, 3.05) is 6.61 Å². The predicted molar refractivity (Wildman–Crippen MR) is 154 cm³/mol. The third-order valence-electron chi connectivity index (χ3n) is 6.30. The Labute approximate surface area is 242 Å². The number of hydrogen-bond acceptors (Lipinski definition) is 7. The molecule has 0 aliphatic heterocycles. The van der Waals surface area contributed by atoms with Crippen LogP contribution in [0, 0.1) is 10.1 Å². The van der Waals surface area contributed by atoms with Crippen LogP contribution in [0.15, 0.2) is 101 Å². The molecule has 9 nitrogen and oxygen atoms in total. The van der Waals surface area contributed by atoms with E-state index in [0.717, 1.165) is 22.4 Å². The van der Waals surface area contributed by atoms with Crippen LogP contribution < -0.4 is 15.0 Å². The third-order valence-corrected chi connectivity index (χ3v) is 6.30. The van der Waals surface area contributed by atoms with Gasteiger partial charge in [0.15, 0.2) is 11.6 Å². The fourth-order valence-electron chi connectivity index (χ4n) is 4.33. The smallest absolute Gasteiger partial charge is 0.416 e. The van der Waals surface area contributed by atoms with E-state index in [0.29, 0.717) is 0 Å². The summed E-state index contributed by atoms with van der Waals surface area (Å²) in [5, 5.41) is 16.5. The molecule has 218 valence electrons. The third kappa shape index (κ3) is 6.38. The fourth-order valence-corrected chi connectivity index (χ4v) is 4.33. The Hall–Kier alpha value is -5.52. The molecule has 0 amide bonds. The van der Waals surface area contributed by atoms with Gasteiger partial charge >= 0.3 is 11.9 Å². The van der Waals surface area contributed by atoms with Crippen molar-refractivity contribution in [1.29, 1.82) is 0 Å². The van der Waals surface area contributed by atoms with E-state index >= 15 is 0 Å². The van der Waals surface area contributed by atoms with Gasteiger partial charge in [0.05, 0.1) is 34.2 Å². The first kappa shape index (κ1) is 29.0. The van der Waals surface area contributed by atoms with Crippen molar-refractivity contribution in [2.45, 2.75) is 19.7 Å². The molecule has 0 atom stereocenters. The Balaban J connectivity index is 1.62. The molecule has 0 spiro atoms. The van der Waals surface area contributed by atoms with Crippen molar-refractivity contribution in [2.24, 2.45) is 5.10 Å². The number of alkyl halides is 3. The Morgan fingerprint density at radius 3 is 2.44 bits per heavy atom. The van der Waals surface area contributed by atoms with Crippen LogP contribution in [-0.4, -0.2) is 27.4 Å². The number of rotatable bonds is 9. The lowest BCUT2D eigenvalue weighted by atomic mass is 10.1. The lowest BCUT2D eigenvalue weighted by molar-refractivity contribution is -0.386. The zero-order valence-electron chi connectivity index (χ0n) is 22.6. The maximum atomic E-state index is 13.5. The monoisotopic (exact) mass is 588 g/mol. The van der Waals surface area contributed by atoms with Crippen molar-refractivity contribution in [3.63, 3.8) is 0 Å². The van der Waals surface area contributed by atoms with E-state index < -0.39 is 27.9 Å². The summed E-state index contributed by atoms with van der Waals surface area (Å²) in [7, 11) is 0. The Morgan fingerprint density at radius 2 is 1.72 bits per heavy atom. The Bertz CT molecular complexity index is 1890. The minimum atomic E-state index is -4.62. The molecule has 4 aromatic carbocycles. The molecule has 0 bridgehead atoms. The number of ether oxygens (including phenoxy) is 2. The summed E-state index contributed by atoms with van der Waals surface area (Å²) in [6.07, 6.45) is -3.45. The second-order valence-electron chi connectivity index (χ2n) is 9.22. The number of fused-ring (bicyclic) bond motifs is 1. The minimum absolute atomic E-state index is 0.000439. The maximum Gasteiger partial charge on any atom is 0.416 e. The molecule has 0 aliphatic rings. The SMILES string of the molecule is CCOc1cc(C=Nn2c(-c3cccc(C(F)(F)F)c3)nc3ccccc3c2=O)cc([N+](=O)[O-])c1OCc1ccccc1. The summed E-state index contributed by atoms with van der Waals surface area (Å²) in [4.78, 5) is 29.3. The van der Waals surface area contributed by atoms with Gasteiger partial charge in [-0.15, -0.1) is 0 Å². The van der Waals surface area contributed by atoms with Crippen LogP contribution >= 0.6 is 0 Å². The van der Waals surface area contributed by atoms with Crippen molar-refractivity contribution >= 4 is 22.8 Å². The average Bonchev–Trinajstić information content (AvgIpc) is 3.00. The van der Waals surface area contributed by atoms with Gasteiger partial charge in [-0.05, 0) is 42.8 Å². The first-order valence-corrected chi connectivity index (χ1v) is 13.0. The number of nitrogens with zero attached hydrogens (tertiary/aromatic N) is 4. The van der Waals surface area contributed by atoms with Crippen molar-refractivity contribution in [3.8, 4) is 22.9 Å². The van der Waals surface area contributed by atoms with E-state index in [2.05, 4.69) is 10.1 Å². The second-order valence-corrected chi connectivity index (χ2v) is 9.22. The minimum Gasteiger partial charge on any atom is -0.490 e. The van der Waals surface area contributed by atoms with Gasteiger partial charge in [0.1, 0.15) is 6.61 Å². The summed E-state index contributed by atoms with van der Waals surface area (Å²) in [6, 6.07) is 22.5. The van der Waals surface area contributed by atoms with Crippen molar-refractivity contribution in [3.05, 3.63) is 128 Å². The van der Waals surface area contributed by atoms with E-state index in [1.54, 1.807) is 25.1 Å². The second kappa shape index (κ2) is 12.1. The molecule has 0 N–H and O–H groups in total. The lowest BCUT2D eigenvalue weighted by Crippen LogP contribution is -2.20. The topological polar surface area (TPSA) is 109 Å². The van der Waals surface area contributed by atoms with Gasteiger partial charge in [-0.2, -0.15) is 22.9 Å². The molecule has 5 rings (SSSR count). The molecular weight excluding hydrogens is 565 g/mol. The van der Waals surface area contributed by atoms with Gasteiger partial charge in [-0.1, -0.05) is 54.6 Å². The van der Waals surface area contributed by atoms with Crippen LogP contribution in [0.25, 0.3) is 22.3 Å². The van der Waals surface area contributed by atoms with Gasteiger partial charge in [-0.3, -0.25) is 14.9 Å². The lowest BCUT2D eigenvalue weighted by Gasteiger charge is -2.14. The molecule has 0 saturated heterocycles. The molecule has 1 aromatic heterocycles. The van der Waals surface area contributed by atoms with Crippen LogP contribution in [0.2, 0.25) is 0 Å². The molecule has 1 heterocycles. The zero-order chi connectivity index (χ0) is 30.6. The number of halogens is 3. The summed E-state index contributed by atoms with van der Waals surface area (Å²) in [6.45, 7) is 1.93. The Morgan fingerprint density at radius 1 is 0.977 bits per heavy atom. The van der Waals surface area contributed by atoms with Crippen LogP contribution in [0.3, 0.4) is 0 Å². The summed E-state index contributed by atoms with van der Waals surface area (Å²) < 4.78 is 52.7. The zero-order valence-corrected chi connectivity index (χ0v) is 22.6. The number of aromatic nitrogens is 2. The van der Waals surface area contributed by atoms with E-state index in [1.165, 1.54) is 36.5 Å². The molecule has 12 heteroatoms. The van der Waals surface area contributed by atoms with Crippen LogP contribution in [0.5, 0.6) is 11.5 Å². The predicted octanol–water partition coefficient (Wildman–Crippen LogP) is 6.85. The number of nitro benzene ring substituents is 1. The Kier molecular flexibility index (Phi) is 8.19. The summed E-state index contributed by atoms with van der Waals surface area (Å²) in [5.74, 6) is -0.147. The van der Waals surface area contributed by atoms with Gasteiger partial charge < -0.3 is 9.47 Å². The summed E-state index contributed by atoms with van der Waals surface area (Å²) in [5.41, 5.74) is -0.735. The molecule has 43 heavy (non-hydrogen) atoms. The standard InChI is InChI=1S/C31H23F3N4O5/c1-2-42-27-16-21(15-26(38(40)41)28(27)43-19-20-9-4-3-5-10-20)18-35-37-29(22-11-8-12-23(17-22)31(32,33)34)36-25-14-7-6-13-24(25)30(37)39/h3-18H,2,19H2,1H3. The molecule has 0 aliphatic carbocycles. The quantitative estimate of drug-likeness (QED) is 0.106. The first-order valence-electron chi connectivity index (χ1n) is 13.0. The highest BCUT2D eigenvalue weighted by molar-refractivity contribution is 5.84. The fraction of sp³-hybridized carbons (Fsp3) is 0.129. The van der Waals surface area contributed by atoms with Gasteiger partial charge in [0.2, 0.25) is 5.75 Å². The maximum absolute atomic E-state index is 13.5. The molecule has 5 aromatic rings. The number of benzene rings is 4. The van der Waals surface area contributed by atoms with E-state index in [-0.39, 0.29) is 52.6 Å². The highest BCUT2D eigenvalue weighted by Crippen LogP contribution is 2.39. The van der Waals surface area contributed by atoms with Gasteiger partial charge in [-0.25, -0.2) is 4.98 Å². The number of nitro groups is 1. The highest BCUT2D eigenvalue weighted by Gasteiger charge is 2.31. The molecule has 0 radical (unpaired) electrons. The van der Waals surface area contributed by atoms with Gasteiger partial charge in [0.25, 0.3) is 5.56 Å². The van der Waals surface area contributed by atoms with E-state index in [4.69, 9.17) is 9.47 Å². The van der Waals surface area contributed by atoms with Crippen molar-refractivity contribution in [1.82, 2.24) is 9.66 Å². The summed E-state index contributed by atoms with van der Waals surface area (Å²) >= 11 is 0. The number of para-hydroxylation sites is 1. The molecular formula is C31H23F3N4O5. The molecule has 0 unspecified atom stereocenters. The van der Waals surface area contributed by atoms with Crippen LogP contribution in [-0.2, 0) is 12.8 Å².